The number of amides is 1. The quantitative estimate of drug-likeness (QED) is 0.678. The van der Waals surface area contributed by atoms with E-state index >= 15 is 0 Å². The van der Waals surface area contributed by atoms with E-state index in [0.717, 1.165) is 0 Å². The van der Waals surface area contributed by atoms with Gasteiger partial charge in [-0.1, -0.05) is 6.07 Å². The molecule has 3 rings (SSSR count). The SMILES string of the molecule is O=C(O)CNC(=O)c1c(O)c2c(n(Cc3ccccn3)c1=O)COCC2. The third-order valence-electron chi connectivity index (χ3n) is 4.06. The molecule has 1 aliphatic heterocycles. The van der Waals surface area contributed by atoms with Gasteiger partial charge in [-0.05, 0) is 12.1 Å². The number of carbonyl (C=O) groups is 2. The van der Waals surface area contributed by atoms with Gasteiger partial charge in [0.1, 0.15) is 17.9 Å². The molecule has 0 saturated carbocycles. The van der Waals surface area contributed by atoms with Crippen molar-refractivity contribution in [2.24, 2.45) is 0 Å². The molecule has 1 amide bonds. The van der Waals surface area contributed by atoms with Crippen LogP contribution in [-0.2, 0) is 29.1 Å². The zero-order valence-corrected chi connectivity index (χ0v) is 13.8. The summed E-state index contributed by atoms with van der Waals surface area (Å²) in [5.74, 6) is -2.61. The van der Waals surface area contributed by atoms with Crippen molar-refractivity contribution in [2.45, 2.75) is 19.6 Å². The number of nitrogens with one attached hydrogen (secondary N) is 1. The van der Waals surface area contributed by atoms with Gasteiger partial charge in [-0.3, -0.25) is 19.4 Å². The van der Waals surface area contributed by atoms with Crippen LogP contribution in [0.4, 0.5) is 0 Å². The van der Waals surface area contributed by atoms with Crippen molar-refractivity contribution in [3.63, 3.8) is 0 Å². The Hall–Kier alpha value is -3.20. The molecule has 1 aliphatic rings. The molecule has 0 radical (unpaired) electrons. The average molecular weight is 359 g/mol. The molecular weight excluding hydrogens is 342 g/mol. The summed E-state index contributed by atoms with van der Waals surface area (Å²) in [4.78, 5) is 40.0. The first-order chi connectivity index (χ1) is 12.5. The fourth-order valence-corrected chi connectivity index (χ4v) is 2.85. The van der Waals surface area contributed by atoms with E-state index in [1.54, 1.807) is 24.4 Å². The van der Waals surface area contributed by atoms with Crippen molar-refractivity contribution in [3.8, 4) is 5.75 Å². The van der Waals surface area contributed by atoms with Crippen LogP contribution in [0.25, 0.3) is 0 Å². The summed E-state index contributed by atoms with van der Waals surface area (Å²) in [7, 11) is 0. The van der Waals surface area contributed by atoms with Gasteiger partial charge >= 0.3 is 5.97 Å². The molecule has 0 aromatic carbocycles. The molecule has 9 nitrogen and oxygen atoms in total. The van der Waals surface area contributed by atoms with Gasteiger partial charge in [-0.15, -0.1) is 0 Å². The number of carboxylic acids is 1. The predicted octanol–water partition coefficient (Wildman–Crippen LogP) is -0.116. The van der Waals surface area contributed by atoms with Crippen molar-refractivity contribution < 1.29 is 24.5 Å². The summed E-state index contributed by atoms with van der Waals surface area (Å²) in [6.07, 6.45) is 1.92. The molecule has 3 N–H and O–H groups in total. The highest BCUT2D eigenvalue weighted by Crippen LogP contribution is 2.28. The Balaban J connectivity index is 2.10. The Bertz CT molecular complexity index is 907. The highest BCUT2D eigenvalue weighted by atomic mass is 16.5. The lowest BCUT2D eigenvalue weighted by Crippen LogP contribution is -2.38. The van der Waals surface area contributed by atoms with E-state index in [2.05, 4.69) is 10.3 Å². The second-order valence-electron chi connectivity index (χ2n) is 5.74. The Morgan fingerprint density at radius 1 is 1.35 bits per heavy atom. The Morgan fingerprint density at radius 3 is 2.85 bits per heavy atom. The lowest BCUT2D eigenvalue weighted by Gasteiger charge is -2.23. The van der Waals surface area contributed by atoms with Crippen LogP contribution >= 0.6 is 0 Å². The molecule has 0 saturated heterocycles. The topological polar surface area (TPSA) is 131 Å². The molecule has 0 aliphatic carbocycles. The van der Waals surface area contributed by atoms with Crippen LogP contribution in [0.1, 0.15) is 27.3 Å². The highest BCUT2D eigenvalue weighted by molar-refractivity contribution is 5.98. The van der Waals surface area contributed by atoms with Crippen LogP contribution < -0.4 is 10.9 Å². The van der Waals surface area contributed by atoms with Crippen molar-refractivity contribution in [2.75, 3.05) is 13.2 Å². The van der Waals surface area contributed by atoms with Crippen LogP contribution in [0.5, 0.6) is 5.75 Å². The average Bonchev–Trinajstić information content (AvgIpc) is 2.64. The molecular formula is C17H17N3O6. The van der Waals surface area contributed by atoms with Gasteiger partial charge < -0.3 is 24.8 Å². The van der Waals surface area contributed by atoms with Crippen molar-refractivity contribution >= 4 is 11.9 Å². The van der Waals surface area contributed by atoms with Crippen LogP contribution in [0.2, 0.25) is 0 Å². The van der Waals surface area contributed by atoms with Crippen molar-refractivity contribution in [1.82, 2.24) is 14.9 Å². The highest BCUT2D eigenvalue weighted by Gasteiger charge is 2.27. The fourth-order valence-electron chi connectivity index (χ4n) is 2.85. The maximum Gasteiger partial charge on any atom is 0.322 e. The van der Waals surface area contributed by atoms with Crippen molar-refractivity contribution in [3.05, 3.63) is 57.3 Å². The summed E-state index contributed by atoms with van der Waals surface area (Å²) in [5.41, 5.74) is 0.347. The minimum Gasteiger partial charge on any atom is -0.507 e. The zero-order valence-electron chi connectivity index (χ0n) is 13.8. The normalized spacial score (nSPS) is 13.1. The fraction of sp³-hybridized carbons (Fsp3) is 0.294. The number of aromatic nitrogens is 2. The van der Waals surface area contributed by atoms with E-state index in [4.69, 9.17) is 9.84 Å². The predicted molar refractivity (Wildman–Crippen MR) is 89.0 cm³/mol. The summed E-state index contributed by atoms with van der Waals surface area (Å²) < 4.78 is 6.73. The molecule has 3 heterocycles. The Morgan fingerprint density at radius 2 is 2.15 bits per heavy atom. The van der Waals surface area contributed by atoms with Gasteiger partial charge in [0.05, 0.1) is 31.1 Å². The third-order valence-corrected chi connectivity index (χ3v) is 4.06. The van der Waals surface area contributed by atoms with E-state index in [1.165, 1.54) is 4.57 Å². The molecule has 0 spiro atoms. The van der Waals surface area contributed by atoms with Crippen molar-refractivity contribution in [1.29, 1.82) is 0 Å². The largest absolute Gasteiger partial charge is 0.507 e. The number of hydrogen-bond acceptors (Lipinski definition) is 6. The molecule has 0 atom stereocenters. The number of pyridine rings is 2. The summed E-state index contributed by atoms with van der Waals surface area (Å²) in [6, 6.07) is 5.25. The van der Waals surface area contributed by atoms with Crippen LogP contribution in [0, 0.1) is 0 Å². The second-order valence-corrected chi connectivity index (χ2v) is 5.74. The standard InChI is InChI=1S/C17H17N3O6/c21-13(22)7-19-16(24)14-15(23)11-4-6-26-9-12(11)20(17(14)25)8-10-3-1-2-5-18-10/h1-3,5,23H,4,6-9H2,(H,19,24)(H,21,22). The van der Waals surface area contributed by atoms with Gasteiger partial charge in [0.25, 0.3) is 11.5 Å². The van der Waals surface area contributed by atoms with E-state index < -0.39 is 35.3 Å². The molecule has 2 aromatic heterocycles. The monoisotopic (exact) mass is 359 g/mol. The molecule has 9 heteroatoms. The minimum atomic E-state index is -1.25. The van der Waals surface area contributed by atoms with Gasteiger partial charge in [-0.25, -0.2) is 0 Å². The molecule has 2 aromatic rings. The second kappa shape index (κ2) is 7.36. The maximum absolute atomic E-state index is 12.9. The van der Waals surface area contributed by atoms with E-state index in [9.17, 15) is 19.5 Å². The molecule has 0 fully saturated rings. The first-order valence-corrected chi connectivity index (χ1v) is 7.94. The zero-order chi connectivity index (χ0) is 18.7. The number of aromatic hydroxyl groups is 1. The molecule has 136 valence electrons. The number of ether oxygens (including phenoxy) is 1. The van der Waals surface area contributed by atoms with Gasteiger partial charge in [-0.2, -0.15) is 0 Å². The minimum absolute atomic E-state index is 0.102. The third kappa shape index (κ3) is 3.42. The number of rotatable bonds is 5. The van der Waals surface area contributed by atoms with Crippen LogP contribution in [-0.4, -0.2) is 44.8 Å². The number of nitrogens with zero attached hydrogens (tertiary/aromatic N) is 2. The number of fused-ring (bicyclic) bond motifs is 1. The first kappa shape index (κ1) is 17.6. The van der Waals surface area contributed by atoms with Gasteiger partial charge in [0, 0.05) is 18.2 Å². The molecule has 0 bridgehead atoms. The van der Waals surface area contributed by atoms with Gasteiger partial charge in [0.15, 0.2) is 0 Å². The lowest BCUT2D eigenvalue weighted by atomic mass is 10.0. The first-order valence-electron chi connectivity index (χ1n) is 7.94. The summed E-state index contributed by atoms with van der Waals surface area (Å²) in [5, 5.41) is 21.3. The number of aliphatic carboxylic acids is 1. The summed E-state index contributed by atoms with van der Waals surface area (Å²) in [6.45, 7) is -0.0798. The van der Waals surface area contributed by atoms with Crippen LogP contribution in [0.15, 0.2) is 29.2 Å². The Labute approximate surface area is 147 Å². The van der Waals surface area contributed by atoms with E-state index in [-0.39, 0.29) is 13.2 Å². The smallest absolute Gasteiger partial charge is 0.322 e. The molecule has 0 unspecified atom stereocenters. The Kier molecular flexibility index (Phi) is 4.99. The van der Waals surface area contributed by atoms with Gasteiger partial charge in [0.2, 0.25) is 0 Å². The number of carbonyl (C=O) groups excluding carboxylic acids is 1. The van der Waals surface area contributed by atoms with Crippen LogP contribution in [0.3, 0.4) is 0 Å². The van der Waals surface area contributed by atoms with E-state index in [0.29, 0.717) is 30.0 Å². The van der Waals surface area contributed by atoms with E-state index in [1.807, 2.05) is 0 Å². The molecule has 26 heavy (non-hydrogen) atoms. The number of hydrogen-bond donors (Lipinski definition) is 3. The lowest BCUT2D eigenvalue weighted by molar-refractivity contribution is -0.135. The summed E-state index contributed by atoms with van der Waals surface area (Å²) >= 11 is 0. The maximum atomic E-state index is 12.9. The number of carboxylic acid groups (broad SMARTS) is 1.